The van der Waals surface area contributed by atoms with Gasteiger partial charge < -0.3 is 19.9 Å². The number of hydrogen-bond acceptors (Lipinski definition) is 7. The Hall–Kier alpha value is -5.05. The predicted octanol–water partition coefficient (Wildman–Crippen LogP) is 5.63. The highest BCUT2D eigenvalue weighted by Gasteiger charge is 2.30. The molecule has 9 heteroatoms. The number of benzene rings is 3. The summed E-state index contributed by atoms with van der Waals surface area (Å²) < 4.78 is 10.9. The van der Waals surface area contributed by atoms with E-state index in [9.17, 15) is 19.5 Å². The molecule has 1 heterocycles. The summed E-state index contributed by atoms with van der Waals surface area (Å²) in [6, 6.07) is 21.4. The number of nitrogens with one attached hydrogen (secondary N) is 1. The van der Waals surface area contributed by atoms with Crippen molar-refractivity contribution in [1.82, 2.24) is 15.3 Å². The molecule has 42 heavy (non-hydrogen) atoms. The van der Waals surface area contributed by atoms with Crippen molar-refractivity contribution in [2.75, 3.05) is 6.61 Å². The van der Waals surface area contributed by atoms with Crippen molar-refractivity contribution < 1.29 is 29.0 Å². The number of amides is 1. The molecule has 0 fully saturated rings. The Balaban J connectivity index is 1.19. The summed E-state index contributed by atoms with van der Waals surface area (Å²) in [5.74, 6) is -1.35. The van der Waals surface area contributed by atoms with E-state index in [1.165, 1.54) is 12.4 Å². The summed E-state index contributed by atoms with van der Waals surface area (Å²) >= 11 is 0. The van der Waals surface area contributed by atoms with Crippen LogP contribution in [0.5, 0.6) is 0 Å². The van der Waals surface area contributed by atoms with Gasteiger partial charge in [-0.3, -0.25) is 0 Å². The molecule has 5 rings (SSSR count). The minimum atomic E-state index is -1.23. The first-order valence-corrected chi connectivity index (χ1v) is 13.6. The van der Waals surface area contributed by atoms with Crippen molar-refractivity contribution in [2.45, 2.75) is 44.8 Å². The molecular weight excluding hydrogens is 534 g/mol. The first-order valence-electron chi connectivity index (χ1n) is 13.6. The molecule has 9 nitrogen and oxygen atoms in total. The van der Waals surface area contributed by atoms with Gasteiger partial charge in [0.25, 0.3) is 0 Å². The van der Waals surface area contributed by atoms with Crippen LogP contribution < -0.4 is 5.32 Å². The van der Waals surface area contributed by atoms with Crippen molar-refractivity contribution in [2.24, 2.45) is 0 Å². The molecule has 4 aromatic rings. The number of carbonyl (C=O) groups is 3. The standard InChI is InChI=1S/C33H31N3O6/c1-33(2,3)42-31(39)22-14-12-21(13-15-22)29-34-17-20(18-35-29)16-28(30(37)38)36-32(40)41-19-27-25-10-6-4-8-23(25)24-9-5-7-11-26(24)27/h4-15,17-18,27-28H,16,19H2,1-3H3,(H,36,40)(H,37,38)/t28-/m0/s1. The molecule has 1 amide bonds. The van der Waals surface area contributed by atoms with Crippen LogP contribution in [-0.2, 0) is 20.7 Å². The van der Waals surface area contributed by atoms with Gasteiger partial charge in [0.2, 0.25) is 0 Å². The number of alkyl carbamates (subject to hydrolysis) is 1. The van der Waals surface area contributed by atoms with E-state index < -0.39 is 29.7 Å². The zero-order valence-corrected chi connectivity index (χ0v) is 23.5. The van der Waals surface area contributed by atoms with Crippen molar-refractivity contribution in [3.63, 3.8) is 0 Å². The Kier molecular flexibility index (Phi) is 8.01. The lowest BCUT2D eigenvalue weighted by Crippen LogP contribution is -2.43. The molecule has 1 atom stereocenters. The van der Waals surface area contributed by atoms with Gasteiger partial charge in [-0.05, 0) is 60.7 Å². The number of aromatic nitrogens is 2. The Morgan fingerprint density at radius 1 is 0.881 bits per heavy atom. The second-order valence-electron chi connectivity index (χ2n) is 11.1. The van der Waals surface area contributed by atoms with Crippen LogP contribution in [0.2, 0.25) is 0 Å². The van der Waals surface area contributed by atoms with E-state index in [0.717, 1.165) is 22.3 Å². The fraction of sp³-hybridized carbons (Fsp3) is 0.242. The average molecular weight is 566 g/mol. The van der Waals surface area contributed by atoms with Crippen LogP contribution in [-0.4, -0.2) is 51.4 Å². The van der Waals surface area contributed by atoms with E-state index in [2.05, 4.69) is 15.3 Å². The lowest BCUT2D eigenvalue weighted by Gasteiger charge is -2.19. The molecule has 0 aliphatic heterocycles. The number of carboxylic acids is 1. The van der Waals surface area contributed by atoms with Crippen molar-refractivity contribution in [3.05, 3.63) is 107 Å². The molecular formula is C33H31N3O6. The third-order valence-electron chi connectivity index (χ3n) is 6.86. The first kappa shape index (κ1) is 28.5. The zero-order chi connectivity index (χ0) is 29.9. The molecule has 2 N–H and O–H groups in total. The minimum absolute atomic E-state index is 0.0304. The van der Waals surface area contributed by atoms with Crippen LogP contribution >= 0.6 is 0 Å². The largest absolute Gasteiger partial charge is 0.480 e. The molecule has 214 valence electrons. The van der Waals surface area contributed by atoms with Crippen LogP contribution in [0, 0.1) is 0 Å². The smallest absolute Gasteiger partial charge is 0.407 e. The number of ether oxygens (including phenoxy) is 2. The predicted molar refractivity (Wildman–Crippen MR) is 156 cm³/mol. The summed E-state index contributed by atoms with van der Waals surface area (Å²) in [6.45, 7) is 5.49. The summed E-state index contributed by atoms with van der Waals surface area (Å²) in [4.78, 5) is 45.5. The van der Waals surface area contributed by atoms with Gasteiger partial charge in [-0.1, -0.05) is 60.7 Å². The molecule has 0 radical (unpaired) electrons. The topological polar surface area (TPSA) is 128 Å². The normalized spacial score (nSPS) is 13.0. The quantitative estimate of drug-likeness (QED) is 0.263. The number of nitrogens with zero attached hydrogens (tertiary/aromatic N) is 2. The minimum Gasteiger partial charge on any atom is -0.480 e. The lowest BCUT2D eigenvalue weighted by atomic mass is 9.98. The Morgan fingerprint density at radius 2 is 1.45 bits per heavy atom. The highest BCUT2D eigenvalue weighted by Crippen LogP contribution is 2.44. The average Bonchev–Trinajstić information content (AvgIpc) is 3.29. The first-order chi connectivity index (χ1) is 20.1. The molecule has 0 saturated heterocycles. The van der Waals surface area contributed by atoms with Gasteiger partial charge >= 0.3 is 18.0 Å². The fourth-order valence-electron chi connectivity index (χ4n) is 4.92. The second kappa shape index (κ2) is 11.8. The number of esters is 1. The number of carboxylic acid groups (broad SMARTS) is 1. The van der Waals surface area contributed by atoms with E-state index in [1.54, 1.807) is 45.0 Å². The summed E-state index contributed by atoms with van der Waals surface area (Å²) in [5.41, 5.74) is 5.37. The second-order valence-corrected chi connectivity index (χ2v) is 11.1. The molecule has 0 bridgehead atoms. The molecule has 1 aliphatic rings. The van der Waals surface area contributed by atoms with Crippen molar-refractivity contribution >= 4 is 18.0 Å². The van der Waals surface area contributed by atoms with Gasteiger partial charge in [0.1, 0.15) is 18.2 Å². The van der Waals surface area contributed by atoms with Crippen LogP contribution in [0.4, 0.5) is 4.79 Å². The van der Waals surface area contributed by atoms with Gasteiger partial charge in [-0.2, -0.15) is 0 Å². The maximum atomic E-state index is 12.7. The van der Waals surface area contributed by atoms with E-state index in [1.807, 2.05) is 48.5 Å². The summed E-state index contributed by atoms with van der Waals surface area (Å²) in [5, 5.41) is 12.2. The third-order valence-corrected chi connectivity index (χ3v) is 6.86. The Labute approximate surface area is 243 Å². The SMILES string of the molecule is CC(C)(C)OC(=O)c1ccc(-c2ncc(C[C@H](NC(=O)OCC3c4ccccc4-c4ccccc43)C(=O)O)cn2)cc1. The number of rotatable bonds is 8. The molecule has 0 spiro atoms. The van der Waals surface area contributed by atoms with Gasteiger partial charge in [0, 0.05) is 30.3 Å². The fourth-order valence-corrected chi connectivity index (χ4v) is 4.92. The van der Waals surface area contributed by atoms with Crippen molar-refractivity contribution in [3.8, 4) is 22.5 Å². The van der Waals surface area contributed by atoms with Crippen molar-refractivity contribution in [1.29, 1.82) is 0 Å². The van der Waals surface area contributed by atoms with Crippen LogP contribution in [0.15, 0.2) is 85.2 Å². The van der Waals surface area contributed by atoms with Gasteiger partial charge in [0.15, 0.2) is 5.82 Å². The monoisotopic (exact) mass is 565 g/mol. The van der Waals surface area contributed by atoms with E-state index in [-0.39, 0.29) is 18.9 Å². The van der Waals surface area contributed by atoms with E-state index >= 15 is 0 Å². The molecule has 3 aromatic carbocycles. The lowest BCUT2D eigenvalue weighted by molar-refractivity contribution is -0.139. The van der Waals surface area contributed by atoms with E-state index in [4.69, 9.17) is 9.47 Å². The van der Waals surface area contributed by atoms with Gasteiger partial charge in [0.05, 0.1) is 5.56 Å². The maximum Gasteiger partial charge on any atom is 0.407 e. The highest BCUT2D eigenvalue weighted by molar-refractivity contribution is 5.90. The Morgan fingerprint density at radius 3 is 2.00 bits per heavy atom. The van der Waals surface area contributed by atoms with Crippen LogP contribution in [0.3, 0.4) is 0 Å². The molecule has 1 aliphatic carbocycles. The molecule has 1 aromatic heterocycles. The summed E-state index contributed by atoms with van der Waals surface area (Å²) in [7, 11) is 0. The number of carbonyl (C=O) groups excluding carboxylic acids is 2. The Bertz CT molecular complexity index is 1560. The van der Waals surface area contributed by atoms with E-state index in [0.29, 0.717) is 22.5 Å². The van der Waals surface area contributed by atoms with Gasteiger partial charge in [-0.15, -0.1) is 0 Å². The maximum absolute atomic E-state index is 12.7. The number of fused-ring (bicyclic) bond motifs is 3. The zero-order valence-electron chi connectivity index (χ0n) is 23.5. The summed E-state index contributed by atoms with van der Waals surface area (Å²) in [6.07, 6.45) is 2.18. The number of aliphatic carboxylic acids is 1. The number of hydrogen-bond donors (Lipinski definition) is 2. The highest BCUT2D eigenvalue weighted by atomic mass is 16.6. The third kappa shape index (κ3) is 6.46. The molecule has 0 saturated carbocycles. The van der Waals surface area contributed by atoms with Crippen LogP contribution in [0.25, 0.3) is 22.5 Å². The van der Waals surface area contributed by atoms with Crippen LogP contribution in [0.1, 0.15) is 53.7 Å². The van der Waals surface area contributed by atoms with Gasteiger partial charge in [-0.25, -0.2) is 24.4 Å². The molecule has 0 unspecified atom stereocenters.